The van der Waals surface area contributed by atoms with Crippen molar-refractivity contribution in [2.45, 2.75) is 12.5 Å². The molecule has 4 rings (SSSR count). The van der Waals surface area contributed by atoms with Gasteiger partial charge in [-0.15, -0.1) is 0 Å². The monoisotopic (exact) mass is 359 g/mol. The highest BCUT2D eigenvalue weighted by atomic mass is 19.1. The Kier molecular flexibility index (Phi) is 4.66. The van der Waals surface area contributed by atoms with E-state index in [1.54, 1.807) is 16.7 Å². The minimum atomic E-state index is -0.401. The molecule has 0 aliphatic heterocycles. The van der Waals surface area contributed by atoms with Gasteiger partial charge in [-0.05, 0) is 23.3 Å². The van der Waals surface area contributed by atoms with Crippen molar-refractivity contribution in [3.63, 3.8) is 0 Å². The fourth-order valence-corrected chi connectivity index (χ4v) is 3.17. The summed E-state index contributed by atoms with van der Waals surface area (Å²) >= 11 is 0. The number of imidazole rings is 1. The van der Waals surface area contributed by atoms with E-state index in [9.17, 15) is 9.18 Å². The predicted octanol–water partition coefficient (Wildman–Crippen LogP) is 3.92. The van der Waals surface area contributed by atoms with Crippen molar-refractivity contribution in [3.8, 4) is 0 Å². The Hall–Kier alpha value is -3.47. The number of amides is 1. The number of nitrogens with one attached hydrogen (secondary N) is 1. The fourth-order valence-electron chi connectivity index (χ4n) is 3.17. The predicted molar refractivity (Wildman–Crippen MR) is 102 cm³/mol. The van der Waals surface area contributed by atoms with E-state index in [-0.39, 0.29) is 18.3 Å². The summed E-state index contributed by atoms with van der Waals surface area (Å²) < 4.78 is 14.9. The summed E-state index contributed by atoms with van der Waals surface area (Å²) in [6.45, 7) is 0.276. The van der Waals surface area contributed by atoms with Crippen LogP contribution in [0.2, 0.25) is 0 Å². The zero-order valence-electron chi connectivity index (χ0n) is 14.5. The summed E-state index contributed by atoms with van der Waals surface area (Å²) in [6, 6.07) is 22.3. The lowest BCUT2D eigenvalue weighted by molar-refractivity contribution is -0.121. The summed E-state index contributed by atoms with van der Waals surface area (Å²) in [5, 5.41) is 2.96. The van der Waals surface area contributed by atoms with Crippen LogP contribution in [0.1, 0.15) is 22.7 Å². The zero-order chi connectivity index (χ0) is 18.6. The van der Waals surface area contributed by atoms with Crippen LogP contribution in [-0.4, -0.2) is 15.3 Å². The number of carbonyl (C=O) groups is 1. The highest BCUT2D eigenvalue weighted by molar-refractivity contribution is 5.87. The first kappa shape index (κ1) is 17.0. The molecule has 4 nitrogen and oxygen atoms in total. The number of halogens is 1. The van der Waals surface area contributed by atoms with Crippen molar-refractivity contribution in [2.75, 3.05) is 0 Å². The highest BCUT2D eigenvalue weighted by Crippen LogP contribution is 2.24. The molecule has 2 heterocycles. The largest absolute Gasteiger partial charge is 0.350 e. The molecule has 0 saturated heterocycles. The number of pyridine rings is 1. The first-order valence-electron chi connectivity index (χ1n) is 8.71. The Labute approximate surface area is 156 Å². The van der Waals surface area contributed by atoms with Crippen LogP contribution in [0.4, 0.5) is 4.39 Å². The standard InChI is InChI=1S/C22H18FN3O/c23-18-11-12-20-25-19(15-26(20)14-18)13-24-22(27)21(16-7-3-1-4-8-16)17-9-5-2-6-10-17/h1-12,14-15,21H,13H2,(H,24,27). The van der Waals surface area contributed by atoms with Gasteiger partial charge >= 0.3 is 0 Å². The molecule has 134 valence electrons. The first-order valence-corrected chi connectivity index (χ1v) is 8.71. The van der Waals surface area contributed by atoms with Crippen molar-refractivity contribution < 1.29 is 9.18 Å². The molecule has 2 aromatic carbocycles. The molecule has 1 amide bonds. The van der Waals surface area contributed by atoms with E-state index in [4.69, 9.17) is 0 Å². The molecule has 0 radical (unpaired) electrons. The van der Waals surface area contributed by atoms with Crippen LogP contribution in [0.25, 0.3) is 5.65 Å². The van der Waals surface area contributed by atoms with E-state index in [2.05, 4.69) is 10.3 Å². The average Bonchev–Trinajstić information content (AvgIpc) is 3.10. The van der Waals surface area contributed by atoms with Crippen molar-refractivity contribution in [2.24, 2.45) is 0 Å². The Morgan fingerprint density at radius 1 is 0.926 bits per heavy atom. The molecule has 0 unspecified atom stereocenters. The molecular formula is C22H18FN3O. The molecule has 2 aromatic heterocycles. The molecule has 0 bridgehead atoms. The Bertz CT molecular complexity index is 1020. The number of hydrogen-bond donors (Lipinski definition) is 1. The summed E-state index contributed by atoms with van der Waals surface area (Å²) in [5.41, 5.74) is 3.17. The number of benzene rings is 2. The van der Waals surface area contributed by atoms with Crippen molar-refractivity contribution in [1.29, 1.82) is 0 Å². The van der Waals surface area contributed by atoms with E-state index in [0.717, 1.165) is 11.1 Å². The molecule has 0 spiro atoms. The molecule has 0 aliphatic rings. The van der Waals surface area contributed by atoms with Crippen molar-refractivity contribution >= 4 is 11.6 Å². The number of nitrogens with zero attached hydrogens (tertiary/aromatic N) is 2. The molecular weight excluding hydrogens is 341 g/mol. The van der Waals surface area contributed by atoms with Crippen LogP contribution >= 0.6 is 0 Å². The molecule has 5 heteroatoms. The smallest absolute Gasteiger partial charge is 0.232 e. The second-order valence-electron chi connectivity index (χ2n) is 6.32. The minimum absolute atomic E-state index is 0.101. The van der Waals surface area contributed by atoms with E-state index < -0.39 is 5.92 Å². The topological polar surface area (TPSA) is 46.4 Å². The maximum Gasteiger partial charge on any atom is 0.232 e. The summed E-state index contributed by atoms with van der Waals surface area (Å²) in [5.74, 6) is -0.832. The first-order chi connectivity index (χ1) is 13.2. The second-order valence-corrected chi connectivity index (χ2v) is 6.32. The van der Waals surface area contributed by atoms with Crippen LogP contribution in [0.3, 0.4) is 0 Å². The van der Waals surface area contributed by atoms with E-state index in [1.807, 2.05) is 60.7 Å². The van der Waals surface area contributed by atoms with E-state index in [0.29, 0.717) is 11.3 Å². The minimum Gasteiger partial charge on any atom is -0.350 e. The third-order valence-corrected chi connectivity index (χ3v) is 4.44. The van der Waals surface area contributed by atoms with Crippen LogP contribution in [0, 0.1) is 5.82 Å². The lowest BCUT2D eigenvalue weighted by Gasteiger charge is -2.17. The molecule has 0 aliphatic carbocycles. The third kappa shape index (κ3) is 3.72. The number of fused-ring (bicyclic) bond motifs is 1. The van der Waals surface area contributed by atoms with E-state index >= 15 is 0 Å². The summed E-state index contributed by atoms with van der Waals surface area (Å²) in [6.07, 6.45) is 3.09. The van der Waals surface area contributed by atoms with Gasteiger partial charge in [-0.1, -0.05) is 60.7 Å². The Morgan fingerprint density at radius 2 is 1.56 bits per heavy atom. The quantitative estimate of drug-likeness (QED) is 0.587. The molecule has 27 heavy (non-hydrogen) atoms. The fraction of sp³-hybridized carbons (Fsp3) is 0.0909. The van der Waals surface area contributed by atoms with Gasteiger partial charge in [0.05, 0.1) is 18.2 Å². The van der Waals surface area contributed by atoms with Crippen molar-refractivity contribution in [1.82, 2.24) is 14.7 Å². The van der Waals surface area contributed by atoms with Gasteiger partial charge in [-0.3, -0.25) is 4.79 Å². The highest BCUT2D eigenvalue weighted by Gasteiger charge is 2.22. The van der Waals surface area contributed by atoms with Gasteiger partial charge in [0.2, 0.25) is 5.91 Å². The van der Waals surface area contributed by atoms with E-state index in [1.165, 1.54) is 12.3 Å². The second kappa shape index (κ2) is 7.41. The average molecular weight is 359 g/mol. The number of carbonyl (C=O) groups excluding carboxylic acids is 1. The van der Waals surface area contributed by atoms with Crippen LogP contribution < -0.4 is 5.32 Å². The SMILES string of the molecule is O=C(NCc1cn2cc(F)ccc2n1)C(c1ccccc1)c1ccccc1. The van der Waals surface area contributed by atoms with Gasteiger partial charge in [0, 0.05) is 12.4 Å². The summed E-state index contributed by atoms with van der Waals surface area (Å²) in [4.78, 5) is 17.4. The van der Waals surface area contributed by atoms with Crippen LogP contribution in [0.15, 0.2) is 85.2 Å². The molecule has 0 fully saturated rings. The Morgan fingerprint density at radius 3 is 2.19 bits per heavy atom. The maximum absolute atomic E-state index is 13.3. The van der Waals surface area contributed by atoms with Gasteiger partial charge < -0.3 is 9.72 Å². The third-order valence-electron chi connectivity index (χ3n) is 4.44. The lowest BCUT2D eigenvalue weighted by atomic mass is 9.90. The number of aromatic nitrogens is 2. The molecule has 1 N–H and O–H groups in total. The van der Waals surface area contributed by atoms with Crippen LogP contribution in [0.5, 0.6) is 0 Å². The van der Waals surface area contributed by atoms with Gasteiger partial charge in [-0.2, -0.15) is 0 Å². The van der Waals surface area contributed by atoms with Gasteiger partial charge in [0.15, 0.2) is 0 Å². The normalized spacial score (nSPS) is 11.0. The van der Waals surface area contributed by atoms with Gasteiger partial charge in [-0.25, -0.2) is 9.37 Å². The number of hydrogen-bond acceptors (Lipinski definition) is 2. The maximum atomic E-state index is 13.3. The molecule has 0 atom stereocenters. The Balaban J connectivity index is 1.56. The van der Waals surface area contributed by atoms with Crippen molar-refractivity contribution in [3.05, 3.63) is 108 Å². The molecule has 0 saturated carbocycles. The van der Waals surface area contributed by atoms with Gasteiger partial charge in [0.1, 0.15) is 11.5 Å². The number of rotatable bonds is 5. The molecule has 4 aromatic rings. The zero-order valence-corrected chi connectivity index (χ0v) is 14.5. The lowest BCUT2D eigenvalue weighted by Crippen LogP contribution is -2.29. The summed E-state index contributed by atoms with van der Waals surface area (Å²) in [7, 11) is 0. The van der Waals surface area contributed by atoms with Gasteiger partial charge in [0.25, 0.3) is 0 Å². The van der Waals surface area contributed by atoms with Crippen LogP contribution in [-0.2, 0) is 11.3 Å².